The van der Waals surface area contributed by atoms with E-state index in [0.717, 1.165) is 5.56 Å². The molecule has 6 heteroatoms. The van der Waals surface area contributed by atoms with Crippen LogP contribution < -0.4 is 19.6 Å². The van der Waals surface area contributed by atoms with Crippen molar-refractivity contribution in [3.63, 3.8) is 0 Å². The van der Waals surface area contributed by atoms with Gasteiger partial charge in [0.25, 0.3) is 0 Å². The van der Waals surface area contributed by atoms with Crippen LogP contribution in [0.1, 0.15) is 19.4 Å². The summed E-state index contributed by atoms with van der Waals surface area (Å²) in [5.41, 5.74) is 1.43. The molecule has 0 bridgehead atoms. The van der Waals surface area contributed by atoms with Crippen LogP contribution >= 0.6 is 0 Å². The summed E-state index contributed by atoms with van der Waals surface area (Å²) in [5, 5.41) is 10.6. The lowest BCUT2D eigenvalue weighted by molar-refractivity contribution is 0.159. The Balaban J connectivity index is 1.70. The van der Waals surface area contributed by atoms with Crippen molar-refractivity contribution in [2.75, 3.05) is 6.79 Å². The lowest BCUT2D eigenvalue weighted by atomic mass is 9.99. The average Bonchev–Trinajstić information content (AvgIpc) is 3.10. The van der Waals surface area contributed by atoms with Gasteiger partial charge in [0.15, 0.2) is 11.5 Å². The smallest absolute Gasteiger partial charge is 0.231 e. The number of rotatable bonds is 1. The van der Waals surface area contributed by atoms with Crippen LogP contribution in [0, 0.1) is 0 Å². The summed E-state index contributed by atoms with van der Waals surface area (Å²) >= 11 is 0. The van der Waals surface area contributed by atoms with Crippen molar-refractivity contribution < 1.29 is 23.7 Å². The first-order valence-corrected chi connectivity index (χ1v) is 8.53. The second kappa shape index (κ2) is 5.30. The van der Waals surface area contributed by atoms with E-state index in [9.17, 15) is 9.90 Å². The summed E-state index contributed by atoms with van der Waals surface area (Å²) in [4.78, 5) is 13.1. The van der Waals surface area contributed by atoms with E-state index in [1.807, 2.05) is 26.0 Å². The SMILES string of the molecule is CC1(C)C=Cc2c(ccc3c(=O)c(-c4cc(O)c5c(c4)OCO5)coc23)O1. The van der Waals surface area contributed by atoms with Gasteiger partial charge in [-0.2, -0.15) is 0 Å². The van der Waals surface area contributed by atoms with E-state index in [0.29, 0.717) is 33.6 Å². The van der Waals surface area contributed by atoms with Gasteiger partial charge in [0.1, 0.15) is 23.2 Å². The standard InChI is InChI=1S/C21H16O6/c1-21(2)6-5-12-16(27-21)4-3-13-18(23)14(9-24-19(12)13)11-7-15(22)20-17(8-11)25-10-26-20/h3-9,22H,10H2,1-2H3. The largest absolute Gasteiger partial charge is 0.504 e. The Kier molecular flexibility index (Phi) is 3.10. The van der Waals surface area contributed by atoms with Crippen LogP contribution in [-0.2, 0) is 0 Å². The molecular formula is C21H16O6. The molecule has 0 aliphatic carbocycles. The molecule has 0 radical (unpaired) electrons. The number of phenols is 1. The van der Waals surface area contributed by atoms with E-state index in [1.165, 1.54) is 12.3 Å². The first-order valence-electron chi connectivity index (χ1n) is 8.53. The molecule has 6 nitrogen and oxygen atoms in total. The minimum absolute atomic E-state index is 0.0352. The van der Waals surface area contributed by atoms with E-state index < -0.39 is 5.60 Å². The number of hydrogen-bond acceptors (Lipinski definition) is 6. The summed E-state index contributed by atoms with van der Waals surface area (Å²) in [5.74, 6) is 1.27. The fourth-order valence-electron chi connectivity index (χ4n) is 3.40. The minimum Gasteiger partial charge on any atom is -0.504 e. The molecule has 2 aliphatic rings. The van der Waals surface area contributed by atoms with Crippen LogP contribution in [0.3, 0.4) is 0 Å². The van der Waals surface area contributed by atoms with Gasteiger partial charge in [0.05, 0.1) is 16.5 Å². The fourth-order valence-corrected chi connectivity index (χ4v) is 3.40. The highest BCUT2D eigenvalue weighted by Crippen LogP contribution is 2.43. The van der Waals surface area contributed by atoms with E-state index >= 15 is 0 Å². The first-order chi connectivity index (χ1) is 12.9. The van der Waals surface area contributed by atoms with Gasteiger partial charge in [-0.25, -0.2) is 0 Å². The number of ether oxygens (including phenoxy) is 3. The van der Waals surface area contributed by atoms with Gasteiger partial charge in [0, 0.05) is 0 Å². The number of hydrogen-bond donors (Lipinski definition) is 1. The molecular weight excluding hydrogens is 348 g/mol. The van der Waals surface area contributed by atoms with Crippen LogP contribution in [0.5, 0.6) is 23.0 Å². The quantitative estimate of drug-likeness (QED) is 0.701. The van der Waals surface area contributed by atoms with E-state index in [4.69, 9.17) is 18.6 Å². The summed E-state index contributed by atoms with van der Waals surface area (Å²) in [7, 11) is 0. The van der Waals surface area contributed by atoms with Gasteiger partial charge in [-0.1, -0.05) is 0 Å². The predicted molar refractivity (Wildman–Crippen MR) is 99.4 cm³/mol. The molecule has 0 spiro atoms. The van der Waals surface area contributed by atoms with Gasteiger partial charge in [-0.05, 0) is 55.8 Å². The Bertz CT molecular complexity index is 1190. The summed E-state index contributed by atoms with van der Waals surface area (Å²) in [6.07, 6.45) is 5.24. The second-order valence-electron chi connectivity index (χ2n) is 7.10. The van der Waals surface area contributed by atoms with Crippen LogP contribution in [0.15, 0.2) is 45.8 Å². The number of fused-ring (bicyclic) bond motifs is 4. The second-order valence-corrected chi connectivity index (χ2v) is 7.10. The summed E-state index contributed by atoms with van der Waals surface area (Å²) in [6.45, 7) is 3.96. The fraction of sp³-hybridized carbons (Fsp3) is 0.190. The molecule has 3 heterocycles. The van der Waals surface area contributed by atoms with Crippen LogP contribution in [0.25, 0.3) is 28.2 Å². The van der Waals surface area contributed by atoms with Crippen molar-refractivity contribution in [1.29, 1.82) is 0 Å². The molecule has 0 atom stereocenters. The lowest BCUT2D eigenvalue weighted by Gasteiger charge is -2.27. The van der Waals surface area contributed by atoms with Gasteiger partial charge in [0.2, 0.25) is 18.0 Å². The van der Waals surface area contributed by atoms with Crippen molar-refractivity contribution >= 4 is 17.0 Å². The highest BCUT2D eigenvalue weighted by Gasteiger charge is 2.25. The van der Waals surface area contributed by atoms with Crippen molar-refractivity contribution in [3.8, 4) is 34.1 Å². The number of benzene rings is 2. The number of phenolic OH excluding ortho intramolecular Hbond substituents is 1. The normalized spacial score (nSPS) is 16.2. The minimum atomic E-state index is -0.412. The molecule has 0 saturated carbocycles. The molecule has 5 rings (SSSR count). The topological polar surface area (TPSA) is 78.1 Å². The molecule has 0 amide bonds. The maximum atomic E-state index is 13.1. The van der Waals surface area contributed by atoms with Gasteiger partial charge < -0.3 is 23.7 Å². The highest BCUT2D eigenvalue weighted by atomic mass is 16.7. The molecule has 136 valence electrons. The molecule has 3 aromatic rings. The van der Waals surface area contributed by atoms with Crippen LogP contribution in [-0.4, -0.2) is 17.5 Å². The molecule has 0 fully saturated rings. The molecule has 2 aliphatic heterocycles. The third-order valence-electron chi connectivity index (χ3n) is 4.73. The molecule has 1 aromatic heterocycles. The third kappa shape index (κ3) is 2.37. The molecule has 1 N–H and O–H groups in total. The van der Waals surface area contributed by atoms with E-state index in [2.05, 4.69) is 0 Å². The summed E-state index contributed by atoms with van der Waals surface area (Å²) in [6, 6.07) is 6.60. The maximum absolute atomic E-state index is 13.1. The zero-order chi connectivity index (χ0) is 18.8. The van der Waals surface area contributed by atoms with Crippen molar-refractivity contribution in [2.45, 2.75) is 19.4 Å². The van der Waals surface area contributed by atoms with E-state index in [-0.39, 0.29) is 23.7 Å². The van der Waals surface area contributed by atoms with Crippen molar-refractivity contribution in [3.05, 3.63) is 52.4 Å². The Hall–Kier alpha value is -3.41. The Morgan fingerprint density at radius 2 is 1.96 bits per heavy atom. The maximum Gasteiger partial charge on any atom is 0.231 e. The Morgan fingerprint density at radius 1 is 1.11 bits per heavy atom. The molecule has 27 heavy (non-hydrogen) atoms. The lowest BCUT2D eigenvalue weighted by Crippen LogP contribution is -2.27. The monoisotopic (exact) mass is 364 g/mol. The zero-order valence-electron chi connectivity index (χ0n) is 14.7. The van der Waals surface area contributed by atoms with Gasteiger partial charge >= 0.3 is 0 Å². The third-order valence-corrected chi connectivity index (χ3v) is 4.73. The van der Waals surface area contributed by atoms with Gasteiger partial charge in [-0.15, -0.1) is 0 Å². The number of aromatic hydroxyl groups is 1. The summed E-state index contributed by atoms with van der Waals surface area (Å²) < 4.78 is 22.3. The Morgan fingerprint density at radius 3 is 2.81 bits per heavy atom. The predicted octanol–water partition coefficient (Wildman–Crippen LogP) is 4.08. The van der Waals surface area contributed by atoms with Gasteiger partial charge in [-0.3, -0.25) is 4.79 Å². The molecule has 0 unspecified atom stereocenters. The zero-order valence-corrected chi connectivity index (χ0v) is 14.7. The van der Waals surface area contributed by atoms with Crippen molar-refractivity contribution in [2.24, 2.45) is 0 Å². The van der Waals surface area contributed by atoms with Crippen molar-refractivity contribution in [1.82, 2.24) is 0 Å². The molecule has 2 aromatic carbocycles. The average molecular weight is 364 g/mol. The highest BCUT2D eigenvalue weighted by molar-refractivity contribution is 5.91. The molecule has 0 saturated heterocycles. The van der Waals surface area contributed by atoms with Crippen LogP contribution in [0.4, 0.5) is 0 Å². The van der Waals surface area contributed by atoms with E-state index in [1.54, 1.807) is 18.2 Å². The first kappa shape index (κ1) is 15.8. The van der Waals surface area contributed by atoms with Crippen LogP contribution in [0.2, 0.25) is 0 Å². The Labute approximate surface area is 154 Å².